The summed E-state index contributed by atoms with van der Waals surface area (Å²) in [5.74, 6) is 0.850. The van der Waals surface area contributed by atoms with E-state index in [0.717, 1.165) is 36.0 Å². The zero-order valence-corrected chi connectivity index (χ0v) is 11.6. The molecule has 0 aliphatic rings. The third kappa shape index (κ3) is 3.72. The molecule has 0 saturated carbocycles. The number of pyridine rings is 1. The summed E-state index contributed by atoms with van der Waals surface area (Å²) in [4.78, 5) is 15.3. The van der Waals surface area contributed by atoms with Crippen molar-refractivity contribution in [1.82, 2.24) is 20.3 Å². The van der Waals surface area contributed by atoms with Gasteiger partial charge in [0.1, 0.15) is 5.82 Å². The van der Waals surface area contributed by atoms with Gasteiger partial charge < -0.3 is 10.2 Å². The third-order valence-electron chi connectivity index (χ3n) is 2.79. The van der Waals surface area contributed by atoms with Gasteiger partial charge in [-0.25, -0.2) is 4.98 Å². The molecule has 2 aromatic heterocycles. The van der Waals surface area contributed by atoms with E-state index in [4.69, 9.17) is 0 Å². The van der Waals surface area contributed by atoms with Crippen LogP contribution in [-0.4, -0.2) is 29.0 Å². The lowest BCUT2D eigenvalue weighted by Crippen LogP contribution is -2.19. The van der Waals surface area contributed by atoms with E-state index >= 15 is 0 Å². The summed E-state index contributed by atoms with van der Waals surface area (Å²) in [5, 5.41) is 3.05. The fraction of sp³-hybridized carbons (Fsp3) is 0.357. The van der Waals surface area contributed by atoms with Gasteiger partial charge in [0, 0.05) is 19.3 Å². The summed E-state index contributed by atoms with van der Waals surface area (Å²) in [6.45, 7) is 3.45. The summed E-state index contributed by atoms with van der Waals surface area (Å²) in [6, 6.07) is 6.04. The second-order valence-corrected chi connectivity index (χ2v) is 4.52. The molecular weight excluding hydrogens is 238 g/mol. The van der Waals surface area contributed by atoms with Gasteiger partial charge in [0.2, 0.25) is 0 Å². The first-order chi connectivity index (χ1) is 9.19. The topological polar surface area (TPSA) is 53.9 Å². The maximum atomic E-state index is 4.49. The van der Waals surface area contributed by atoms with Crippen LogP contribution in [0.15, 0.2) is 30.6 Å². The monoisotopic (exact) mass is 257 g/mol. The van der Waals surface area contributed by atoms with Gasteiger partial charge in [0.15, 0.2) is 0 Å². The normalized spacial score (nSPS) is 10.5. The first-order valence-electron chi connectivity index (χ1n) is 6.28. The maximum Gasteiger partial charge on any atom is 0.147 e. The molecule has 100 valence electrons. The largest absolute Gasteiger partial charge is 0.353 e. The Morgan fingerprint density at radius 2 is 2.00 bits per heavy atom. The fourth-order valence-electron chi connectivity index (χ4n) is 1.83. The Morgan fingerprint density at radius 3 is 2.63 bits per heavy atom. The predicted molar refractivity (Wildman–Crippen MR) is 75.9 cm³/mol. The third-order valence-corrected chi connectivity index (χ3v) is 2.79. The number of anilines is 1. The van der Waals surface area contributed by atoms with Crippen LogP contribution in [0.4, 0.5) is 5.82 Å². The highest BCUT2D eigenvalue weighted by Crippen LogP contribution is 2.10. The lowest BCUT2D eigenvalue weighted by atomic mass is 10.3. The van der Waals surface area contributed by atoms with Crippen LogP contribution < -0.4 is 10.2 Å². The van der Waals surface area contributed by atoms with Crippen molar-refractivity contribution >= 4 is 5.82 Å². The molecule has 0 aliphatic heterocycles. The van der Waals surface area contributed by atoms with Crippen molar-refractivity contribution in [3.8, 4) is 0 Å². The zero-order chi connectivity index (χ0) is 13.7. The lowest BCUT2D eigenvalue weighted by molar-refractivity contribution is 0.777. The average molecular weight is 257 g/mol. The van der Waals surface area contributed by atoms with Crippen molar-refractivity contribution in [3.63, 3.8) is 0 Å². The highest BCUT2D eigenvalue weighted by Gasteiger charge is 2.05. The van der Waals surface area contributed by atoms with Gasteiger partial charge in [-0.1, -0.05) is 6.07 Å². The van der Waals surface area contributed by atoms with Crippen molar-refractivity contribution in [2.75, 3.05) is 19.0 Å². The lowest BCUT2D eigenvalue weighted by Gasteiger charge is -2.17. The molecule has 0 bridgehead atoms. The van der Waals surface area contributed by atoms with Crippen molar-refractivity contribution in [2.24, 2.45) is 0 Å². The van der Waals surface area contributed by atoms with Crippen LogP contribution in [0.3, 0.4) is 0 Å². The van der Waals surface area contributed by atoms with E-state index in [9.17, 15) is 0 Å². The van der Waals surface area contributed by atoms with Crippen LogP contribution in [0.25, 0.3) is 0 Å². The van der Waals surface area contributed by atoms with E-state index in [1.807, 2.05) is 44.1 Å². The van der Waals surface area contributed by atoms with Crippen molar-refractivity contribution in [3.05, 3.63) is 47.7 Å². The quantitative estimate of drug-likeness (QED) is 0.880. The summed E-state index contributed by atoms with van der Waals surface area (Å²) >= 11 is 0. The van der Waals surface area contributed by atoms with Crippen LogP contribution in [0, 0.1) is 6.92 Å². The SMILES string of the molecule is CNCc1cnc(N(C)Cc2cccc(C)n2)cn1. The van der Waals surface area contributed by atoms with E-state index in [0.29, 0.717) is 0 Å². The van der Waals surface area contributed by atoms with Gasteiger partial charge in [0.25, 0.3) is 0 Å². The second-order valence-electron chi connectivity index (χ2n) is 4.52. The van der Waals surface area contributed by atoms with E-state index in [2.05, 4.69) is 20.3 Å². The minimum atomic E-state index is 0.724. The number of nitrogens with zero attached hydrogens (tertiary/aromatic N) is 4. The van der Waals surface area contributed by atoms with Gasteiger partial charge >= 0.3 is 0 Å². The zero-order valence-electron chi connectivity index (χ0n) is 11.6. The molecule has 0 aromatic carbocycles. The predicted octanol–water partition coefficient (Wildman–Crippen LogP) is 1.54. The van der Waals surface area contributed by atoms with Crippen LogP contribution >= 0.6 is 0 Å². The van der Waals surface area contributed by atoms with Gasteiger partial charge in [-0.15, -0.1) is 0 Å². The molecule has 0 aliphatic carbocycles. The summed E-state index contributed by atoms with van der Waals surface area (Å²) in [5.41, 5.74) is 3.00. The first-order valence-corrected chi connectivity index (χ1v) is 6.28. The summed E-state index contributed by atoms with van der Waals surface area (Å²) in [6.07, 6.45) is 3.59. The molecule has 0 unspecified atom stereocenters. The molecule has 0 fully saturated rings. The van der Waals surface area contributed by atoms with E-state index in [-0.39, 0.29) is 0 Å². The van der Waals surface area contributed by atoms with Crippen LogP contribution in [-0.2, 0) is 13.1 Å². The Morgan fingerprint density at radius 1 is 1.16 bits per heavy atom. The van der Waals surface area contributed by atoms with Gasteiger partial charge in [0.05, 0.1) is 30.3 Å². The van der Waals surface area contributed by atoms with Crippen molar-refractivity contribution < 1.29 is 0 Å². The average Bonchev–Trinajstić information content (AvgIpc) is 2.40. The molecule has 19 heavy (non-hydrogen) atoms. The smallest absolute Gasteiger partial charge is 0.147 e. The molecule has 0 amide bonds. The highest BCUT2D eigenvalue weighted by molar-refractivity contribution is 5.35. The molecule has 0 radical (unpaired) electrons. The van der Waals surface area contributed by atoms with Gasteiger partial charge in [-0.2, -0.15) is 0 Å². The summed E-state index contributed by atoms with van der Waals surface area (Å²) in [7, 11) is 3.89. The molecule has 1 N–H and O–H groups in total. The van der Waals surface area contributed by atoms with Crippen LogP contribution in [0.5, 0.6) is 0 Å². The molecule has 5 nitrogen and oxygen atoms in total. The number of nitrogens with one attached hydrogen (secondary N) is 1. The number of rotatable bonds is 5. The molecule has 2 rings (SSSR count). The van der Waals surface area contributed by atoms with Crippen LogP contribution in [0.1, 0.15) is 17.1 Å². The summed E-state index contributed by atoms with van der Waals surface area (Å²) < 4.78 is 0. The number of hydrogen-bond donors (Lipinski definition) is 1. The minimum Gasteiger partial charge on any atom is -0.353 e. The van der Waals surface area contributed by atoms with E-state index in [1.165, 1.54) is 0 Å². The Bertz CT molecular complexity index is 524. The molecular formula is C14H19N5. The molecule has 0 saturated heterocycles. The standard InChI is InChI=1S/C14H19N5/c1-11-5-4-6-12(18-11)10-19(3)14-9-16-13(7-15-2)8-17-14/h4-6,8-9,15H,7,10H2,1-3H3. The Hall–Kier alpha value is -2.01. The maximum absolute atomic E-state index is 4.49. The Balaban J connectivity index is 2.05. The Labute approximate surface area is 113 Å². The first kappa shape index (κ1) is 13.4. The number of hydrogen-bond acceptors (Lipinski definition) is 5. The van der Waals surface area contributed by atoms with Crippen LogP contribution in [0.2, 0.25) is 0 Å². The molecule has 2 aromatic rings. The number of aryl methyl sites for hydroxylation is 1. The molecule has 5 heteroatoms. The highest BCUT2D eigenvalue weighted by atomic mass is 15.2. The van der Waals surface area contributed by atoms with E-state index < -0.39 is 0 Å². The van der Waals surface area contributed by atoms with Crippen molar-refractivity contribution in [1.29, 1.82) is 0 Å². The molecule has 2 heterocycles. The van der Waals surface area contributed by atoms with Gasteiger partial charge in [-0.05, 0) is 26.1 Å². The minimum absolute atomic E-state index is 0.724. The Kier molecular flexibility index (Phi) is 4.41. The second kappa shape index (κ2) is 6.24. The fourth-order valence-corrected chi connectivity index (χ4v) is 1.83. The van der Waals surface area contributed by atoms with Gasteiger partial charge in [-0.3, -0.25) is 9.97 Å². The van der Waals surface area contributed by atoms with E-state index in [1.54, 1.807) is 12.4 Å². The van der Waals surface area contributed by atoms with Crippen molar-refractivity contribution in [2.45, 2.75) is 20.0 Å². The number of aromatic nitrogens is 3. The molecule has 0 atom stereocenters. The molecule has 0 spiro atoms.